The Morgan fingerprint density at radius 2 is 2.07 bits per heavy atom. The molecule has 1 rings (SSSR count). The monoisotopic (exact) mass is 216 g/mol. The lowest BCUT2D eigenvalue weighted by Gasteiger charge is -2.14. The highest BCUT2D eigenvalue weighted by Crippen LogP contribution is 2.27. The van der Waals surface area contributed by atoms with Crippen LogP contribution >= 0.6 is 0 Å². The third-order valence-corrected chi connectivity index (χ3v) is 2.16. The van der Waals surface area contributed by atoms with Gasteiger partial charge in [-0.25, -0.2) is 8.78 Å². The molecule has 0 aliphatic carbocycles. The minimum absolute atomic E-state index is 0.0149. The molecule has 1 atom stereocenters. The maximum atomic E-state index is 13.6. The van der Waals surface area contributed by atoms with E-state index in [0.29, 0.717) is 6.42 Å². The first-order chi connectivity index (χ1) is 7.11. The molecule has 5 heteroatoms. The fourth-order valence-electron chi connectivity index (χ4n) is 1.37. The highest BCUT2D eigenvalue weighted by Gasteiger charge is 2.19. The molecule has 0 spiro atoms. The van der Waals surface area contributed by atoms with Crippen molar-refractivity contribution < 1.29 is 13.5 Å². The van der Waals surface area contributed by atoms with E-state index < -0.39 is 17.7 Å². The SMILES string of the molecule is COc1ccc(F)c([C@@H](N)CCN)c1F. The van der Waals surface area contributed by atoms with Crippen LogP contribution in [0.25, 0.3) is 0 Å². The fourth-order valence-corrected chi connectivity index (χ4v) is 1.37. The summed E-state index contributed by atoms with van der Waals surface area (Å²) in [4.78, 5) is 0. The molecule has 15 heavy (non-hydrogen) atoms. The molecule has 0 saturated heterocycles. The zero-order valence-electron chi connectivity index (χ0n) is 8.47. The van der Waals surface area contributed by atoms with Crippen LogP contribution in [0.4, 0.5) is 8.78 Å². The molecular weight excluding hydrogens is 202 g/mol. The fraction of sp³-hybridized carbons (Fsp3) is 0.400. The van der Waals surface area contributed by atoms with E-state index in [1.54, 1.807) is 0 Å². The van der Waals surface area contributed by atoms with Gasteiger partial charge in [0.1, 0.15) is 5.82 Å². The highest BCUT2D eigenvalue weighted by molar-refractivity contribution is 5.34. The van der Waals surface area contributed by atoms with Crippen molar-refractivity contribution in [2.24, 2.45) is 11.5 Å². The van der Waals surface area contributed by atoms with Crippen molar-refractivity contribution >= 4 is 0 Å². The average Bonchev–Trinajstić information content (AvgIpc) is 2.18. The molecule has 0 bridgehead atoms. The Balaban J connectivity index is 3.14. The lowest BCUT2D eigenvalue weighted by Crippen LogP contribution is -2.18. The van der Waals surface area contributed by atoms with E-state index in [1.165, 1.54) is 13.2 Å². The van der Waals surface area contributed by atoms with Crippen LogP contribution in [-0.4, -0.2) is 13.7 Å². The summed E-state index contributed by atoms with van der Waals surface area (Å²) in [7, 11) is 1.31. The van der Waals surface area contributed by atoms with E-state index in [9.17, 15) is 8.78 Å². The quantitative estimate of drug-likeness (QED) is 0.798. The topological polar surface area (TPSA) is 61.3 Å². The third-order valence-electron chi connectivity index (χ3n) is 2.16. The van der Waals surface area contributed by atoms with E-state index >= 15 is 0 Å². The molecule has 1 aromatic carbocycles. The van der Waals surface area contributed by atoms with Crippen LogP contribution in [-0.2, 0) is 0 Å². The molecule has 0 saturated carbocycles. The summed E-state index contributed by atoms with van der Waals surface area (Å²) in [5, 5.41) is 0. The third kappa shape index (κ3) is 2.43. The maximum absolute atomic E-state index is 13.6. The Bertz CT molecular complexity index is 344. The zero-order chi connectivity index (χ0) is 11.4. The lowest BCUT2D eigenvalue weighted by atomic mass is 10.0. The molecule has 0 amide bonds. The van der Waals surface area contributed by atoms with Crippen molar-refractivity contribution in [3.8, 4) is 5.75 Å². The summed E-state index contributed by atoms with van der Waals surface area (Å²) >= 11 is 0. The normalized spacial score (nSPS) is 12.6. The van der Waals surface area contributed by atoms with Crippen LogP contribution in [0.5, 0.6) is 5.75 Å². The maximum Gasteiger partial charge on any atom is 0.172 e. The first-order valence-electron chi connectivity index (χ1n) is 4.59. The van der Waals surface area contributed by atoms with Gasteiger partial charge >= 0.3 is 0 Å². The molecule has 0 aromatic heterocycles. The molecular formula is C10H14F2N2O. The number of nitrogens with two attached hydrogens (primary N) is 2. The van der Waals surface area contributed by atoms with Crippen molar-refractivity contribution in [1.82, 2.24) is 0 Å². The van der Waals surface area contributed by atoms with E-state index in [-0.39, 0.29) is 17.9 Å². The minimum Gasteiger partial charge on any atom is -0.494 e. The van der Waals surface area contributed by atoms with Gasteiger partial charge in [-0.15, -0.1) is 0 Å². The zero-order valence-corrected chi connectivity index (χ0v) is 8.47. The number of halogens is 2. The molecule has 84 valence electrons. The molecule has 4 N–H and O–H groups in total. The van der Waals surface area contributed by atoms with E-state index in [1.807, 2.05) is 0 Å². The lowest BCUT2D eigenvalue weighted by molar-refractivity contribution is 0.377. The standard InChI is InChI=1S/C10H14F2N2O/c1-15-8-3-2-6(11)9(10(8)12)7(14)4-5-13/h2-3,7H,4-5,13-14H2,1H3/t7-/m0/s1. The Morgan fingerprint density at radius 3 is 2.60 bits per heavy atom. The van der Waals surface area contributed by atoms with Crippen LogP contribution in [0, 0.1) is 11.6 Å². The number of ether oxygens (including phenoxy) is 1. The number of methoxy groups -OCH3 is 1. The predicted octanol–water partition coefficient (Wildman–Crippen LogP) is 1.32. The Morgan fingerprint density at radius 1 is 1.40 bits per heavy atom. The minimum atomic E-state index is -0.751. The summed E-state index contributed by atoms with van der Waals surface area (Å²) in [5.41, 5.74) is 10.7. The summed E-state index contributed by atoms with van der Waals surface area (Å²) in [5.74, 6) is -1.44. The predicted molar refractivity (Wildman–Crippen MR) is 53.5 cm³/mol. The van der Waals surface area contributed by atoms with Crippen LogP contribution < -0.4 is 16.2 Å². The Hall–Kier alpha value is -1.20. The second-order valence-electron chi connectivity index (χ2n) is 3.16. The highest BCUT2D eigenvalue weighted by atomic mass is 19.1. The Labute approximate surface area is 87.0 Å². The van der Waals surface area contributed by atoms with E-state index in [2.05, 4.69) is 0 Å². The molecule has 3 nitrogen and oxygen atoms in total. The van der Waals surface area contributed by atoms with Gasteiger partial charge in [-0.2, -0.15) is 0 Å². The smallest absolute Gasteiger partial charge is 0.172 e. The number of rotatable bonds is 4. The molecule has 0 fully saturated rings. The van der Waals surface area contributed by atoms with Gasteiger partial charge in [0.05, 0.1) is 7.11 Å². The van der Waals surface area contributed by atoms with Gasteiger partial charge in [0.2, 0.25) is 0 Å². The largest absolute Gasteiger partial charge is 0.494 e. The number of benzene rings is 1. The van der Waals surface area contributed by atoms with Gasteiger partial charge in [0, 0.05) is 11.6 Å². The number of hydrogen-bond acceptors (Lipinski definition) is 3. The van der Waals surface area contributed by atoms with Gasteiger partial charge in [0.25, 0.3) is 0 Å². The molecule has 0 aliphatic rings. The van der Waals surface area contributed by atoms with Gasteiger partial charge < -0.3 is 16.2 Å². The van der Waals surface area contributed by atoms with Crippen molar-refractivity contribution in [2.45, 2.75) is 12.5 Å². The van der Waals surface area contributed by atoms with Crippen LogP contribution in [0.2, 0.25) is 0 Å². The van der Waals surface area contributed by atoms with Crippen molar-refractivity contribution in [3.05, 3.63) is 29.3 Å². The summed E-state index contributed by atoms with van der Waals surface area (Å²) < 4.78 is 31.7. The second-order valence-corrected chi connectivity index (χ2v) is 3.16. The first kappa shape index (κ1) is 11.9. The second kappa shape index (κ2) is 5.04. The average molecular weight is 216 g/mol. The van der Waals surface area contributed by atoms with Crippen molar-refractivity contribution in [3.63, 3.8) is 0 Å². The van der Waals surface area contributed by atoms with Gasteiger partial charge in [-0.05, 0) is 25.1 Å². The Kier molecular flexibility index (Phi) is 3.99. The van der Waals surface area contributed by atoms with E-state index in [0.717, 1.165) is 6.07 Å². The molecule has 0 heterocycles. The summed E-state index contributed by atoms with van der Waals surface area (Å²) in [6.07, 6.45) is 0.320. The summed E-state index contributed by atoms with van der Waals surface area (Å²) in [6.45, 7) is 0.275. The summed E-state index contributed by atoms with van der Waals surface area (Å²) in [6, 6.07) is 1.61. The molecule has 1 aromatic rings. The van der Waals surface area contributed by atoms with Crippen LogP contribution in [0.15, 0.2) is 12.1 Å². The van der Waals surface area contributed by atoms with Gasteiger partial charge in [0.15, 0.2) is 11.6 Å². The van der Waals surface area contributed by atoms with Gasteiger partial charge in [-0.3, -0.25) is 0 Å². The first-order valence-corrected chi connectivity index (χ1v) is 4.59. The molecule has 0 unspecified atom stereocenters. The molecule has 0 radical (unpaired) electrons. The van der Waals surface area contributed by atoms with E-state index in [4.69, 9.17) is 16.2 Å². The van der Waals surface area contributed by atoms with Crippen molar-refractivity contribution in [1.29, 1.82) is 0 Å². The molecule has 0 aliphatic heterocycles. The van der Waals surface area contributed by atoms with Crippen LogP contribution in [0.3, 0.4) is 0 Å². The van der Waals surface area contributed by atoms with Gasteiger partial charge in [-0.1, -0.05) is 0 Å². The van der Waals surface area contributed by atoms with Crippen molar-refractivity contribution in [2.75, 3.05) is 13.7 Å². The van der Waals surface area contributed by atoms with Crippen LogP contribution in [0.1, 0.15) is 18.0 Å². The number of hydrogen-bond donors (Lipinski definition) is 2.